The molecule has 6 heteroatoms. The normalized spacial score (nSPS) is 20.6. The number of hydrogen-bond donors (Lipinski definition) is 1. The van der Waals surface area contributed by atoms with Crippen molar-refractivity contribution < 1.29 is 13.2 Å². The first kappa shape index (κ1) is 15.2. The third-order valence-electron chi connectivity index (χ3n) is 2.88. The molecule has 0 aromatic heterocycles. The van der Waals surface area contributed by atoms with Crippen LogP contribution in [0.4, 0.5) is 0 Å². The maximum absolute atomic E-state index is 11.9. The van der Waals surface area contributed by atoms with Gasteiger partial charge in [0, 0.05) is 25.7 Å². The van der Waals surface area contributed by atoms with Crippen molar-refractivity contribution >= 4 is 15.9 Å². The summed E-state index contributed by atoms with van der Waals surface area (Å²) in [5.41, 5.74) is 0.983. The lowest BCUT2D eigenvalue weighted by Crippen LogP contribution is -2.43. The van der Waals surface area contributed by atoms with E-state index in [0.717, 1.165) is 31.2 Å². The summed E-state index contributed by atoms with van der Waals surface area (Å²) < 4.78 is 24.6. The second kappa shape index (κ2) is 6.33. The zero-order chi connectivity index (χ0) is 13.8. The van der Waals surface area contributed by atoms with Gasteiger partial charge in [-0.2, -0.15) is 0 Å². The SMILES string of the molecule is CC(C)=CC(=O)N1CCCC(CNS(C)(=O)=O)C1. The lowest BCUT2D eigenvalue weighted by atomic mass is 9.98. The monoisotopic (exact) mass is 274 g/mol. The first-order valence-electron chi connectivity index (χ1n) is 6.16. The van der Waals surface area contributed by atoms with E-state index in [1.165, 1.54) is 0 Å². The fourth-order valence-corrected chi connectivity index (χ4v) is 2.58. The molecule has 1 N–H and O–H groups in total. The number of nitrogens with one attached hydrogen (secondary N) is 1. The standard InChI is InChI=1S/C12H22N2O3S/c1-10(2)7-12(15)14-6-4-5-11(9-14)8-13-18(3,16)17/h7,11,13H,4-6,8-9H2,1-3H3. The highest BCUT2D eigenvalue weighted by Gasteiger charge is 2.23. The summed E-state index contributed by atoms with van der Waals surface area (Å²) in [4.78, 5) is 13.7. The van der Waals surface area contributed by atoms with E-state index < -0.39 is 10.0 Å². The lowest BCUT2D eigenvalue weighted by Gasteiger charge is -2.32. The van der Waals surface area contributed by atoms with Gasteiger partial charge in [-0.15, -0.1) is 0 Å². The van der Waals surface area contributed by atoms with Gasteiger partial charge in [-0.05, 0) is 32.6 Å². The second-order valence-corrected chi connectivity index (χ2v) is 6.97. The fourth-order valence-electron chi connectivity index (χ4n) is 2.04. The number of nitrogens with zero attached hydrogens (tertiary/aromatic N) is 1. The van der Waals surface area contributed by atoms with Crippen molar-refractivity contribution in [2.45, 2.75) is 26.7 Å². The van der Waals surface area contributed by atoms with Gasteiger partial charge in [0.25, 0.3) is 0 Å². The minimum absolute atomic E-state index is 0.0269. The Kier molecular flexibility index (Phi) is 5.34. The van der Waals surface area contributed by atoms with Gasteiger partial charge in [-0.25, -0.2) is 13.1 Å². The van der Waals surface area contributed by atoms with Gasteiger partial charge < -0.3 is 4.90 Å². The van der Waals surface area contributed by atoms with Crippen LogP contribution in [0.15, 0.2) is 11.6 Å². The number of carbonyl (C=O) groups excluding carboxylic acids is 1. The molecule has 1 rings (SSSR count). The van der Waals surface area contributed by atoms with Crippen molar-refractivity contribution in [3.8, 4) is 0 Å². The average Bonchev–Trinajstić information content (AvgIpc) is 2.25. The van der Waals surface area contributed by atoms with Gasteiger partial charge in [0.1, 0.15) is 0 Å². The summed E-state index contributed by atoms with van der Waals surface area (Å²) in [6.45, 7) is 5.59. The van der Waals surface area contributed by atoms with Crippen molar-refractivity contribution in [3.63, 3.8) is 0 Å². The number of allylic oxidation sites excluding steroid dienone is 1. The highest BCUT2D eigenvalue weighted by molar-refractivity contribution is 7.88. The Morgan fingerprint density at radius 3 is 2.67 bits per heavy atom. The van der Waals surface area contributed by atoms with E-state index in [1.54, 1.807) is 11.0 Å². The number of likely N-dealkylation sites (tertiary alicyclic amines) is 1. The molecule has 0 aliphatic carbocycles. The van der Waals surface area contributed by atoms with Crippen LogP contribution in [0, 0.1) is 5.92 Å². The first-order valence-corrected chi connectivity index (χ1v) is 8.05. The summed E-state index contributed by atoms with van der Waals surface area (Å²) in [5.74, 6) is 0.238. The number of piperidine rings is 1. The third kappa shape index (κ3) is 5.64. The Morgan fingerprint density at radius 1 is 1.44 bits per heavy atom. The number of rotatable bonds is 4. The van der Waals surface area contributed by atoms with Crippen LogP contribution in [-0.2, 0) is 14.8 Å². The fraction of sp³-hybridized carbons (Fsp3) is 0.750. The zero-order valence-electron chi connectivity index (χ0n) is 11.3. The molecule has 1 aliphatic rings. The van der Waals surface area contributed by atoms with E-state index >= 15 is 0 Å². The largest absolute Gasteiger partial charge is 0.339 e. The van der Waals surface area contributed by atoms with E-state index in [4.69, 9.17) is 0 Å². The smallest absolute Gasteiger partial charge is 0.246 e. The van der Waals surface area contributed by atoms with Crippen molar-refractivity contribution in [2.75, 3.05) is 25.9 Å². The molecule has 0 aromatic carbocycles. The summed E-state index contributed by atoms with van der Waals surface area (Å²) in [7, 11) is -3.15. The maximum atomic E-state index is 11.9. The summed E-state index contributed by atoms with van der Waals surface area (Å²) in [6.07, 6.45) is 4.67. The molecule has 1 amide bonds. The van der Waals surface area contributed by atoms with Crippen LogP contribution in [0.2, 0.25) is 0 Å². The van der Waals surface area contributed by atoms with Crippen molar-refractivity contribution in [3.05, 3.63) is 11.6 Å². The topological polar surface area (TPSA) is 66.5 Å². The minimum atomic E-state index is -3.15. The summed E-state index contributed by atoms with van der Waals surface area (Å²) >= 11 is 0. The Hall–Kier alpha value is -0.880. The molecule has 1 unspecified atom stereocenters. The van der Waals surface area contributed by atoms with Gasteiger partial charge in [0.2, 0.25) is 15.9 Å². The predicted octanol–water partition coefficient (Wildman–Crippen LogP) is 0.740. The van der Waals surface area contributed by atoms with Crippen LogP contribution in [-0.4, -0.2) is 45.1 Å². The van der Waals surface area contributed by atoms with Crippen LogP contribution in [0.5, 0.6) is 0 Å². The Bertz CT molecular complexity index is 425. The minimum Gasteiger partial charge on any atom is -0.339 e. The molecule has 0 spiro atoms. The molecule has 5 nitrogen and oxygen atoms in total. The molecule has 1 saturated heterocycles. The molecular weight excluding hydrogens is 252 g/mol. The number of hydrogen-bond acceptors (Lipinski definition) is 3. The van der Waals surface area contributed by atoms with Crippen molar-refractivity contribution in [1.82, 2.24) is 9.62 Å². The van der Waals surface area contributed by atoms with Gasteiger partial charge in [-0.1, -0.05) is 5.57 Å². The van der Waals surface area contributed by atoms with Crippen LogP contribution >= 0.6 is 0 Å². The molecule has 0 radical (unpaired) electrons. The first-order chi connectivity index (χ1) is 8.28. The maximum Gasteiger partial charge on any atom is 0.246 e. The molecule has 1 heterocycles. The molecule has 1 aliphatic heterocycles. The van der Waals surface area contributed by atoms with E-state index in [1.807, 2.05) is 13.8 Å². The van der Waals surface area contributed by atoms with Gasteiger partial charge in [0.15, 0.2) is 0 Å². The second-order valence-electron chi connectivity index (χ2n) is 5.13. The predicted molar refractivity (Wildman–Crippen MR) is 71.6 cm³/mol. The molecule has 104 valence electrons. The Morgan fingerprint density at radius 2 is 2.11 bits per heavy atom. The number of amides is 1. The van der Waals surface area contributed by atoms with Gasteiger partial charge >= 0.3 is 0 Å². The summed E-state index contributed by atoms with van der Waals surface area (Å²) in [5, 5.41) is 0. The molecule has 0 bridgehead atoms. The van der Waals surface area contributed by atoms with Crippen LogP contribution in [0.25, 0.3) is 0 Å². The number of sulfonamides is 1. The molecule has 1 fully saturated rings. The average molecular weight is 274 g/mol. The van der Waals surface area contributed by atoms with E-state index in [2.05, 4.69) is 4.72 Å². The quantitative estimate of drug-likeness (QED) is 0.769. The molecule has 18 heavy (non-hydrogen) atoms. The van der Waals surface area contributed by atoms with Crippen molar-refractivity contribution in [1.29, 1.82) is 0 Å². The number of carbonyl (C=O) groups is 1. The molecule has 0 saturated carbocycles. The van der Waals surface area contributed by atoms with E-state index in [9.17, 15) is 13.2 Å². The Balaban J connectivity index is 2.51. The highest BCUT2D eigenvalue weighted by Crippen LogP contribution is 2.16. The lowest BCUT2D eigenvalue weighted by molar-refractivity contribution is -0.127. The molecule has 1 atom stereocenters. The van der Waals surface area contributed by atoms with Gasteiger partial charge in [-0.3, -0.25) is 4.79 Å². The summed E-state index contributed by atoms with van der Waals surface area (Å²) in [6, 6.07) is 0. The molecule has 0 aromatic rings. The van der Waals surface area contributed by atoms with Gasteiger partial charge in [0.05, 0.1) is 6.26 Å². The van der Waals surface area contributed by atoms with Crippen LogP contribution in [0.1, 0.15) is 26.7 Å². The highest BCUT2D eigenvalue weighted by atomic mass is 32.2. The van der Waals surface area contributed by atoms with Crippen LogP contribution < -0.4 is 4.72 Å². The zero-order valence-corrected chi connectivity index (χ0v) is 12.1. The van der Waals surface area contributed by atoms with E-state index in [-0.39, 0.29) is 11.8 Å². The van der Waals surface area contributed by atoms with E-state index in [0.29, 0.717) is 13.1 Å². The van der Waals surface area contributed by atoms with Crippen LogP contribution in [0.3, 0.4) is 0 Å². The Labute approximate surface area is 109 Å². The molecular formula is C12H22N2O3S. The third-order valence-corrected chi connectivity index (χ3v) is 3.57. The van der Waals surface area contributed by atoms with Crippen molar-refractivity contribution in [2.24, 2.45) is 5.92 Å².